The van der Waals surface area contributed by atoms with Crippen LogP contribution in [-0.4, -0.2) is 41.8 Å². The van der Waals surface area contributed by atoms with Gasteiger partial charge in [-0.05, 0) is 34.6 Å². The zero-order chi connectivity index (χ0) is 15.2. The summed E-state index contributed by atoms with van der Waals surface area (Å²) >= 11 is 0. The molecule has 0 unspecified atom stereocenters. The Morgan fingerprint density at radius 3 is 1.95 bits per heavy atom. The van der Waals surface area contributed by atoms with Gasteiger partial charge in [-0.15, -0.1) is 0 Å². The fourth-order valence-corrected chi connectivity index (χ4v) is 1.59. The third-order valence-electron chi connectivity index (χ3n) is 2.43. The second-order valence-corrected chi connectivity index (χ2v) is 4.56. The molecule has 0 amide bonds. The van der Waals surface area contributed by atoms with E-state index in [-0.39, 0.29) is 18.7 Å². The molecule has 0 aromatic carbocycles. The molecule has 0 saturated carbocycles. The molecule has 19 heavy (non-hydrogen) atoms. The topological polar surface area (TPSA) is 46.6 Å². The average molecular weight is 277 g/mol. The van der Waals surface area contributed by atoms with E-state index in [0.29, 0.717) is 0 Å². The molecule has 0 rings (SSSR count). The van der Waals surface area contributed by atoms with Gasteiger partial charge in [0.05, 0.1) is 6.61 Å². The summed E-state index contributed by atoms with van der Waals surface area (Å²) in [5.74, 6) is -2.52. The normalized spacial score (nSPS) is 12.2. The van der Waals surface area contributed by atoms with Crippen LogP contribution in [0.3, 0.4) is 0 Å². The summed E-state index contributed by atoms with van der Waals surface area (Å²) in [5, 5.41) is 0. The van der Waals surface area contributed by atoms with E-state index in [4.69, 9.17) is 0 Å². The zero-order valence-electron chi connectivity index (χ0n) is 11.9. The van der Waals surface area contributed by atoms with Gasteiger partial charge in [0, 0.05) is 18.3 Å². The van der Waals surface area contributed by atoms with Crippen molar-refractivity contribution in [3.05, 3.63) is 11.8 Å². The van der Waals surface area contributed by atoms with E-state index in [9.17, 15) is 18.4 Å². The van der Waals surface area contributed by atoms with Gasteiger partial charge in [0.25, 0.3) is 0 Å². The van der Waals surface area contributed by atoms with Gasteiger partial charge in [0.15, 0.2) is 0 Å². The summed E-state index contributed by atoms with van der Waals surface area (Å²) in [6.07, 6.45) is -2.06. The van der Waals surface area contributed by atoms with Gasteiger partial charge < -0.3 is 9.64 Å². The van der Waals surface area contributed by atoms with Crippen LogP contribution in [0.5, 0.6) is 0 Å². The monoisotopic (exact) mass is 277 g/mol. The molecule has 4 nitrogen and oxygen atoms in total. The first-order valence-electron chi connectivity index (χ1n) is 6.21. The van der Waals surface area contributed by atoms with E-state index in [2.05, 4.69) is 4.74 Å². The number of nitrogens with zero attached hydrogens (tertiary/aromatic N) is 1. The highest BCUT2D eigenvalue weighted by Gasteiger charge is 2.28. The molecule has 0 atom stereocenters. The van der Waals surface area contributed by atoms with Crippen molar-refractivity contribution in [2.24, 2.45) is 0 Å². The van der Waals surface area contributed by atoms with Gasteiger partial charge in [0.2, 0.25) is 5.78 Å². The van der Waals surface area contributed by atoms with Gasteiger partial charge in [0.1, 0.15) is 5.57 Å². The number of ether oxygens (including phenoxy) is 1. The second-order valence-electron chi connectivity index (χ2n) is 4.56. The molecular formula is C13H21F2NO3. The molecule has 0 aromatic heterocycles. The molecule has 0 heterocycles. The molecule has 0 aliphatic carbocycles. The Balaban J connectivity index is 5.43. The largest absolute Gasteiger partial charge is 0.462 e. The van der Waals surface area contributed by atoms with E-state index >= 15 is 0 Å². The number of Topliss-reactive ketones (excluding diaryl/α,β-unsaturated/α-hetero) is 1. The van der Waals surface area contributed by atoms with Gasteiger partial charge >= 0.3 is 12.4 Å². The number of esters is 1. The number of carbonyl (C=O) groups excluding carboxylic acids is 2. The van der Waals surface area contributed by atoms with Crippen molar-refractivity contribution < 1.29 is 23.1 Å². The summed E-state index contributed by atoms with van der Waals surface area (Å²) in [6, 6.07) is -0.0650. The maximum absolute atomic E-state index is 12.5. The Morgan fingerprint density at radius 1 is 1.16 bits per heavy atom. The number of carbonyl (C=O) groups is 2. The predicted molar refractivity (Wildman–Crippen MR) is 67.8 cm³/mol. The number of ketones is 1. The van der Waals surface area contributed by atoms with Crippen molar-refractivity contribution in [2.45, 2.75) is 53.1 Å². The van der Waals surface area contributed by atoms with E-state index < -0.39 is 23.8 Å². The molecule has 0 bridgehead atoms. The first-order chi connectivity index (χ1) is 8.72. The van der Waals surface area contributed by atoms with Crippen LogP contribution in [0.4, 0.5) is 8.78 Å². The molecule has 0 radical (unpaired) electrons. The van der Waals surface area contributed by atoms with Crippen LogP contribution in [0.1, 0.15) is 34.6 Å². The fraction of sp³-hybridized carbons (Fsp3) is 0.692. The maximum Gasteiger partial charge on any atom is 0.343 e. The third kappa shape index (κ3) is 5.36. The molecule has 110 valence electrons. The van der Waals surface area contributed by atoms with Crippen LogP contribution in [0.2, 0.25) is 0 Å². The van der Waals surface area contributed by atoms with Crippen LogP contribution >= 0.6 is 0 Å². The highest BCUT2D eigenvalue weighted by Crippen LogP contribution is 2.13. The Labute approximate surface area is 112 Å². The highest BCUT2D eigenvalue weighted by atomic mass is 19.3. The third-order valence-corrected chi connectivity index (χ3v) is 2.43. The zero-order valence-corrected chi connectivity index (χ0v) is 11.9. The Kier molecular flexibility index (Phi) is 7.26. The van der Waals surface area contributed by atoms with Gasteiger partial charge in [-0.1, -0.05) is 0 Å². The molecule has 0 fully saturated rings. The molecule has 0 saturated heterocycles. The van der Waals surface area contributed by atoms with E-state index in [1.54, 1.807) is 11.8 Å². The number of alkyl halides is 2. The van der Waals surface area contributed by atoms with Crippen LogP contribution in [-0.2, 0) is 14.3 Å². The summed E-state index contributed by atoms with van der Waals surface area (Å²) in [7, 11) is 0. The van der Waals surface area contributed by atoms with E-state index in [0.717, 1.165) is 0 Å². The van der Waals surface area contributed by atoms with Crippen LogP contribution in [0.15, 0.2) is 11.8 Å². The Hall–Kier alpha value is -1.46. The minimum atomic E-state index is -3.23. The smallest absolute Gasteiger partial charge is 0.343 e. The van der Waals surface area contributed by atoms with E-state index in [1.807, 2.05) is 27.7 Å². The van der Waals surface area contributed by atoms with Gasteiger partial charge in [-0.25, -0.2) is 13.6 Å². The summed E-state index contributed by atoms with van der Waals surface area (Å²) in [6.45, 7) is 8.93. The fourth-order valence-electron chi connectivity index (χ4n) is 1.59. The second kappa shape index (κ2) is 7.86. The first kappa shape index (κ1) is 17.5. The van der Waals surface area contributed by atoms with Crippen molar-refractivity contribution in [1.82, 2.24) is 4.90 Å². The van der Waals surface area contributed by atoms with Crippen LogP contribution < -0.4 is 0 Å². The minimum Gasteiger partial charge on any atom is -0.462 e. The van der Waals surface area contributed by atoms with Crippen molar-refractivity contribution in [3.63, 3.8) is 0 Å². The number of halogens is 2. The lowest BCUT2D eigenvalue weighted by atomic mass is 10.1. The van der Waals surface area contributed by atoms with Crippen LogP contribution in [0, 0.1) is 0 Å². The van der Waals surface area contributed by atoms with Crippen LogP contribution in [0.25, 0.3) is 0 Å². The minimum absolute atomic E-state index is 0.0239. The molecule has 0 N–H and O–H groups in total. The van der Waals surface area contributed by atoms with Crippen molar-refractivity contribution in [1.29, 1.82) is 0 Å². The molecule has 6 heteroatoms. The van der Waals surface area contributed by atoms with Crippen molar-refractivity contribution >= 4 is 11.8 Å². The molecule has 0 aliphatic rings. The Morgan fingerprint density at radius 2 is 1.63 bits per heavy atom. The molecule has 0 aliphatic heterocycles. The van der Waals surface area contributed by atoms with Gasteiger partial charge in [-0.2, -0.15) is 0 Å². The summed E-state index contributed by atoms with van der Waals surface area (Å²) < 4.78 is 29.7. The SMILES string of the molecule is CCOC(=O)/C(=C\N(C(C)C)C(C)C)C(=O)C(F)F. The molecule has 0 spiro atoms. The molecule has 0 aromatic rings. The van der Waals surface area contributed by atoms with Crippen molar-refractivity contribution in [2.75, 3.05) is 6.61 Å². The highest BCUT2D eigenvalue weighted by molar-refractivity contribution is 6.18. The lowest BCUT2D eigenvalue weighted by Crippen LogP contribution is -2.34. The Bertz CT molecular complexity index is 344. The quantitative estimate of drug-likeness (QED) is 0.310. The lowest BCUT2D eigenvalue weighted by Gasteiger charge is -2.29. The standard InChI is InChI=1S/C13H21F2NO3/c1-6-19-13(18)10(11(17)12(14)15)7-16(8(2)3)9(4)5/h7-9,12H,6H2,1-5H3/b10-7-. The number of hydrogen-bond donors (Lipinski definition) is 0. The first-order valence-corrected chi connectivity index (χ1v) is 6.21. The average Bonchev–Trinajstić information content (AvgIpc) is 2.28. The summed E-state index contributed by atoms with van der Waals surface area (Å²) in [4.78, 5) is 24.7. The molecular weight excluding hydrogens is 256 g/mol. The number of rotatable bonds is 7. The predicted octanol–water partition coefficient (Wildman–Crippen LogP) is 2.39. The number of hydrogen-bond acceptors (Lipinski definition) is 4. The lowest BCUT2D eigenvalue weighted by molar-refractivity contribution is -0.141. The van der Waals surface area contributed by atoms with Gasteiger partial charge in [-0.3, -0.25) is 4.79 Å². The summed E-state index contributed by atoms with van der Waals surface area (Å²) in [5.41, 5.74) is -0.612. The van der Waals surface area contributed by atoms with Crippen molar-refractivity contribution in [3.8, 4) is 0 Å². The maximum atomic E-state index is 12.5. The van der Waals surface area contributed by atoms with E-state index in [1.165, 1.54) is 6.20 Å².